The van der Waals surface area contributed by atoms with Gasteiger partial charge in [0.2, 0.25) is 0 Å². The van der Waals surface area contributed by atoms with E-state index < -0.39 is 0 Å². The summed E-state index contributed by atoms with van der Waals surface area (Å²) in [6.07, 6.45) is 0.693. The molecule has 2 aromatic heterocycles. The molecule has 1 aromatic carbocycles. The molecule has 0 spiro atoms. The van der Waals surface area contributed by atoms with Crippen LogP contribution < -0.4 is 10.6 Å². The third-order valence-electron chi connectivity index (χ3n) is 4.86. The van der Waals surface area contributed by atoms with E-state index in [1.54, 1.807) is 23.5 Å². The van der Waals surface area contributed by atoms with Crippen LogP contribution in [0.2, 0.25) is 0 Å². The lowest BCUT2D eigenvalue weighted by Gasteiger charge is -2.14. The van der Waals surface area contributed by atoms with E-state index in [9.17, 15) is 9.90 Å². The number of nitrogens with one attached hydrogen (secondary N) is 2. The first kappa shape index (κ1) is 20.2. The maximum atomic E-state index is 12.2. The molecule has 3 aromatic rings. The van der Waals surface area contributed by atoms with Gasteiger partial charge in [0.1, 0.15) is 16.5 Å². The van der Waals surface area contributed by atoms with Crippen molar-refractivity contribution in [2.75, 3.05) is 11.9 Å². The van der Waals surface area contributed by atoms with Crippen LogP contribution in [-0.4, -0.2) is 33.6 Å². The summed E-state index contributed by atoms with van der Waals surface area (Å²) < 4.78 is 0. The summed E-state index contributed by atoms with van der Waals surface area (Å²) >= 11 is 1.69. The van der Waals surface area contributed by atoms with E-state index in [4.69, 9.17) is 0 Å². The highest BCUT2D eigenvalue weighted by Gasteiger charge is 2.14. The predicted molar refractivity (Wildman–Crippen MR) is 114 cm³/mol. The summed E-state index contributed by atoms with van der Waals surface area (Å²) in [5.41, 5.74) is 2.85. The monoisotopic (exact) mass is 398 g/mol. The highest BCUT2D eigenvalue weighted by atomic mass is 32.1. The van der Waals surface area contributed by atoms with Gasteiger partial charge in [-0.05, 0) is 50.5 Å². The number of anilines is 1. The zero-order chi connectivity index (χ0) is 20.3. The quantitative estimate of drug-likeness (QED) is 0.564. The van der Waals surface area contributed by atoms with Crippen molar-refractivity contribution < 1.29 is 9.90 Å². The van der Waals surface area contributed by atoms with Crippen molar-refractivity contribution in [2.45, 2.75) is 46.7 Å². The van der Waals surface area contributed by atoms with Crippen molar-refractivity contribution in [3.63, 3.8) is 0 Å². The molecule has 0 saturated carbocycles. The zero-order valence-corrected chi connectivity index (χ0v) is 17.5. The van der Waals surface area contributed by atoms with Crippen LogP contribution in [0.3, 0.4) is 0 Å². The Morgan fingerprint density at radius 3 is 2.54 bits per heavy atom. The number of amides is 1. The molecule has 0 aliphatic heterocycles. The van der Waals surface area contributed by atoms with Crippen LogP contribution in [0.25, 0.3) is 10.2 Å². The van der Waals surface area contributed by atoms with Crippen LogP contribution in [0.15, 0.2) is 24.3 Å². The van der Waals surface area contributed by atoms with Gasteiger partial charge in [0, 0.05) is 17.0 Å². The van der Waals surface area contributed by atoms with E-state index in [1.165, 1.54) is 10.4 Å². The topological polar surface area (TPSA) is 87.1 Å². The number of thiophene rings is 1. The fourth-order valence-electron chi connectivity index (χ4n) is 2.99. The first-order valence-electron chi connectivity index (χ1n) is 9.41. The van der Waals surface area contributed by atoms with Crippen molar-refractivity contribution in [3.8, 4) is 0 Å². The molecule has 3 N–H and O–H groups in total. The number of aromatic nitrogens is 2. The van der Waals surface area contributed by atoms with Gasteiger partial charge >= 0.3 is 0 Å². The molecule has 0 radical (unpaired) electrons. The third-order valence-corrected chi connectivity index (χ3v) is 5.97. The van der Waals surface area contributed by atoms with Crippen LogP contribution >= 0.6 is 11.3 Å². The molecular weight excluding hydrogens is 372 g/mol. The minimum absolute atomic E-state index is 0.0570. The Bertz CT molecular complexity index is 978. The van der Waals surface area contributed by atoms with Crippen LogP contribution in [0.4, 0.5) is 5.82 Å². The fraction of sp³-hybridized carbons (Fsp3) is 0.381. The highest BCUT2D eigenvalue weighted by Crippen LogP contribution is 2.33. The number of hydrogen-bond acceptors (Lipinski definition) is 6. The smallest absolute Gasteiger partial charge is 0.251 e. The second kappa shape index (κ2) is 8.67. The first-order chi connectivity index (χ1) is 13.4. The van der Waals surface area contributed by atoms with Crippen LogP contribution in [0.1, 0.15) is 45.5 Å². The normalized spacial score (nSPS) is 12.2. The lowest BCUT2D eigenvalue weighted by Crippen LogP contribution is -2.36. The molecule has 0 aliphatic rings. The van der Waals surface area contributed by atoms with Gasteiger partial charge in [-0.2, -0.15) is 0 Å². The van der Waals surface area contributed by atoms with Crippen LogP contribution in [0, 0.1) is 20.8 Å². The molecule has 2 heterocycles. The van der Waals surface area contributed by atoms with Crippen molar-refractivity contribution in [1.82, 2.24) is 15.3 Å². The van der Waals surface area contributed by atoms with E-state index in [0.29, 0.717) is 18.5 Å². The van der Waals surface area contributed by atoms with Gasteiger partial charge in [0.15, 0.2) is 0 Å². The van der Waals surface area contributed by atoms with Crippen molar-refractivity contribution >= 4 is 33.3 Å². The Labute approximate surface area is 169 Å². The molecule has 1 atom stereocenters. The fourth-order valence-corrected chi connectivity index (χ4v) is 4.06. The number of aryl methyl sites for hydroxylation is 3. The standard InChI is InChI=1S/C21H26N4O2S/c1-5-17(11-26)25-20(27)16-8-6-15(7-9-16)10-22-19-18-12(2)13(3)28-21(18)24-14(4)23-19/h6-9,17,26H,5,10-11H2,1-4H3,(H,25,27)(H,22,23,24). The van der Waals surface area contributed by atoms with Gasteiger partial charge in [0.05, 0.1) is 18.0 Å². The highest BCUT2D eigenvalue weighted by molar-refractivity contribution is 7.18. The molecule has 1 unspecified atom stereocenters. The lowest BCUT2D eigenvalue weighted by molar-refractivity contribution is 0.0915. The minimum atomic E-state index is -0.213. The Morgan fingerprint density at radius 1 is 1.18 bits per heavy atom. The van der Waals surface area contributed by atoms with Gasteiger partial charge in [-0.3, -0.25) is 4.79 Å². The van der Waals surface area contributed by atoms with Crippen molar-refractivity contribution in [1.29, 1.82) is 0 Å². The molecule has 0 saturated heterocycles. The van der Waals surface area contributed by atoms with Gasteiger partial charge in [0.25, 0.3) is 5.91 Å². The second-order valence-corrected chi connectivity index (χ2v) is 8.10. The number of carbonyl (C=O) groups is 1. The second-order valence-electron chi connectivity index (χ2n) is 6.89. The number of aliphatic hydroxyl groups is 1. The molecule has 0 aliphatic carbocycles. The van der Waals surface area contributed by atoms with E-state index in [-0.39, 0.29) is 18.6 Å². The Hall–Kier alpha value is -2.51. The number of fused-ring (bicyclic) bond motifs is 1. The number of rotatable bonds is 7. The van der Waals surface area contributed by atoms with Crippen LogP contribution in [0.5, 0.6) is 0 Å². The number of aliphatic hydroxyl groups excluding tert-OH is 1. The maximum absolute atomic E-state index is 12.2. The molecule has 3 rings (SSSR count). The molecule has 7 heteroatoms. The summed E-state index contributed by atoms with van der Waals surface area (Å²) in [5, 5.41) is 16.6. The van der Waals surface area contributed by atoms with Gasteiger partial charge < -0.3 is 15.7 Å². The summed E-state index contributed by atoms with van der Waals surface area (Å²) in [6, 6.07) is 7.25. The van der Waals surface area contributed by atoms with Crippen molar-refractivity contribution in [2.24, 2.45) is 0 Å². The Balaban J connectivity index is 1.72. The zero-order valence-electron chi connectivity index (χ0n) is 16.7. The molecule has 0 fully saturated rings. The molecule has 1 amide bonds. The molecule has 28 heavy (non-hydrogen) atoms. The SMILES string of the molecule is CCC(CO)NC(=O)c1ccc(CNc2nc(C)nc3sc(C)c(C)c23)cc1. The van der Waals surface area contributed by atoms with E-state index in [1.807, 2.05) is 26.0 Å². The minimum Gasteiger partial charge on any atom is -0.394 e. The molecular formula is C21H26N4O2S. The van der Waals surface area contributed by atoms with Gasteiger partial charge in [-0.1, -0.05) is 19.1 Å². The van der Waals surface area contributed by atoms with Crippen LogP contribution in [-0.2, 0) is 6.54 Å². The van der Waals surface area contributed by atoms with E-state index in [0.717, 1.165) is 27.4 Å². The molecule has 6 nitrogen and oxygen atoms in total. The number of carbonyl (C=O) groups excluding carboxylic acids is 1. The summed E-state index contributed by atoms with van der Waals surface area (Å²) in [5.74, 6) is 1.43. The summed E-state index contributed by atoms with van der Waals surface area (Å²) in [4.78, 5) is 23.6. The number of benzene rings is 1. The van der Waals surface area contributed by atoms with E-state index >= 15 is 0 Å². The Kier molecular flexibility index (Phi) is 6.26. The Morgan fingerprint density at radius 2 is 1.89 bits per heavy atom. The van der Waals surface area contributed by atoms with Gasteiger partial charge in [-0.15, -0.1) is 11.3 Å². The first-order valence-corrected chi connectivity index (χ1v) is 10.2. The summed E-state index contributed by atoms with van der Waals surface area (Å²) in [6.45, 7) is 8.58. The van der Waals surface area contributed by atoms with E-state index in [2.05, 4.69) is 34.4 Å². The number of hydrogen-bond donors (Lipinski definition) is 3. The molecule has 148 valence electrons. The molecule has 0 bridgehead atoms. The average Bonchev–Trinajstić information content (AvgIpc) is 2.97. The largest absolute Gasteiger partial charge is 0.394 e. The summed E-state index contributed by atoms with van der Waals surface area (Å²) in [7, 11) is 0. The van der Waals surface area contributed by atoms with Gasteiger partial charge in [-0.25, -0.2) is 9.97 Å². The predicted octanol–water partition coefficient (Wildman–Crippen LogP) is 3.73. The third kappa shape index (κ3) is 4.31. The maximum Gasteiger partial charge on any atom is 0.251 e. The van der Waals surface area contributed by atoms with Crippen molar-refractivity contribution in [3.05, 3.63) is 51.7 Å². The number of nitrogens with zero attached hydrogens (tertiary/aromatic N) is 2. The lowest BCUT2D eigenvalue weighted by atomic mass is 10.1. The average molecular weight is 399 g/mol.